The molecular formula is C11H18ClN3O. The van der Waals surface area contributed by atoms with Gasteiger partial charge in [0.2, 0.25) is 0 Å². The van der Waals surface area contributed by atoms with Crippen LogP contribution in [0.15, 0.2) is 6.20 Å². The van der Waals surface area contributed by atoms with Crippen molar-refractivity contribution in [2.24, 2.45) is 7.05 Å². The van der Waals surface area contributed by atoms with Gasteiger partial charge in [-0.1, -0.05) is 25.4 Å². The second kappa shape index (κ2) is 6.01. The SMILES string of the molecule is CCN(CC)CCC(=O)c1c(Cl)cnn1C. The summed E-state index contributed by atoms with van der Waals surface area (Å²) in [6.07, 6.45) is 1.99. The number of aromatic nitrogens is 2. The number of halogens is 1. The predicted molar refractivity (Wildman–Crippen MR) is 65.0 cm³/mol. The molecule has 4 nitrogen and oxygen atoms in total. The number of carbonyl (C=O) groups is 1. The maximum Gasteiger partial charge on any atom is 0.183 e. The van der Waals surface area contributed by atoms with E-state index in [9.17, 15) is 4.79 Å². The van der Waals surface area contributed by atoms with Crippen LogP contribution >= 0.6 is 11.6 Å². The fourth-order valence-electron chi connectivity index (χ4n) is 1.64. The van der Waals surface area contributed by atoms with Gasteiger partial charge in [0.1, 0.15) is 5.69 Å². The van der Waals surface area contributed by atoms with E-state index in [1.165, 1.54) is 10.9 Å². The van der Waals surface area contributed by atoms with Gasteiger partial charge in [-0.15, -0.1) is 0 Å². The van der Waals surface area contributed by atoms with Crippen molar-refractivity contribution < 1.29 is 4.79 Å². The Hall–Kier alpha value is -0.870. The Kier molecular flexibility index (Phi) is 4.96. The van der Waals surface area contributed by atoms with Crippen LogP contribution in [0, 0.1) is 0 Å². The fourth-order valence-corrected chi connectivity index (χ4v) is 1.91. The Labute approximate surface area is 101 Å². The normalized spacial score (nSPS) is 11.1. The third kappa shape index (κ3) is 3.06. The number of ketones is 1. The molecular weight excluding hydrogens is 226 g/mol. The number of aryl methyl sites for hydroxylation is 1. The van der Waals surface area contributed by atoms with Crippen LogP contribution in [-0.2, 0) is 7.05 Å². The summed E-state index contributed by atoms with van der Waals surface area (Å²) < 4.78 is 1.53. The van der Waals surface area contributed by atoms with Crippen LogP contribution in [0.4, 0.5) is 0 Å². The predicted octanol–water partition coefficient (Wildman–Crippen LogP) is 1.99. The molecule has 0 aliphatic rings. The summed E-state index contributed by atoms with van der Waals surface area (Å²) in [5.74, 6) is 0.0527. The van der Waals surface area contributed by atoms with Crippen LogP contribution in [0.3, 0.4) is 0 Å². The molecule has 16 heavy (non-hydrogen) atoms. The van der Waals surface area contributed by atoms with Crippen molar-refractivity contribution in [2.75, 3.05) is 19.6 Å². The van der Waals surface area contributed by atoms with Crippen molar-refractivity contribution in [3.63, 3.8) is 0 Å². The third-order valence-corrected chi connectivity index (χ3v) is 2.98. The molecule has 0 amide bonds. The van der Waals surface area contributed by atoms with E-state index in [1.807, 2.05) is 0 Å². The molecule has 0 saturated carbocycles. The topological polar surface area (TPSA) is 38.1 Å². The fraction of sp³-hybridized carbons (Fsp3) is 0.636. The molecule has 0 radical (unpaired) electrons. The van der Waals surface area contributed by atoms with Crippen molar-refractivity contribution in [1.82, 2.24) is 14.7 Å². The Balaban J connectivity index is 2.59. The summed E-state index contributed by atoms with van der Waals surface area (Å²) in [5, 5.41) is 4.39. The van der Waals surface area contributed by atoms with Crippen LogP contribution < -0.4 is 0 Å². The minimum Gasteiger partial charge on any atom is -0.303 e. The van der Waals surface area contributed by atoms with Gasteiger partial charge in [0.25, 0.3) is 0 Å². The van der Waals surface area contributed by atoms with E-state index >= 15 is 0 Å². The van der Waals surface area contributed by atoms with Gasteiger partial charge in [-0.2, -0.15) is 5.10 Å². The number of Topliss-reactive ketones (excluding diaryl/α,β-unsaturated/α-hetero) is 1. The molecule has 0 N–H and O–H groups in total. The molecule has 0 aliphatic heterocycles. The lowest BCUT2D eigenvalue weighted by Gasteiger charge is -2.17. The maximum absolute atomic E-state index is 11.9. The first-order valence-electron chi connectivity index (χ1n) is 5.53. The summed E-state index contributed by atoms with van der Waals surface area (Å²) in [6, 6.07) is 0. The number of hydrogen-bond donors (Lipinski definition) is 0. The van der Waals surface area contributed by atoms with E-state index in [4.69, 9.17) is 11.6 Å². The highest BCUT2D eigenvalue weighted by molar-refractivity contribution is 6.33. The van der Waals surface area contributed by atoms with Crippen LogP contribution in [0.2, 0.25) is 5.02 Å². The second-order valence-electron chi connectivity index (χ2n) is 3.66. The first-order valence-corrected chi connectivity index (χ1v) is 5.91. The highest BCUT2D eigenvalue weighted by Crippen LogP contribution is 2.15. The molecule has 5 heteroatoms. The number of rotatable bonds is 6. The molecule has 0 saturated heterocycles. The monoisotopic (exact) mass is 243 g/mol. The van der Waals surface area contributed by atoms with E-state index in [-0.39, 0.29) is 5.78 Å². The number of hydrogen-bond acceptors (Lipinski definition) is 3. The maximum atomic E-state index is 11.9. The molecule has 0 atom stereocenters. The number of nitrogens with zero attached hydrogens (tertiary/aromatic N) is 3. The summed E-state index contributed by atoms with van der Waals surface area (Å²) in [7, 11) is 1.73. The van der Waals surface area contributed by atoms with Crippen LogP contribution in [0.5, 0.6) is 0 Å². The minimum absolute atomic E-state index is 0.0527. The lowest BCUT2D eigenvalue weighted by Crippen LogP contribution is -2.26. The summed E-state index contributed by atoms with van der Waals surface area (Å²) >= 11 is 5.91. The van der Waals surface area contributed by atoms with Crippen LogP contribution in [0.25, 0.3) is 0 Å². The average molecular weight is 244 g/mol. The smallest absolute Gasteiger partial charge is 0.183 e. The van der Waals surface area contributed by atoms with E-state index in [2.05, 4.69) is 23.8 Å². The standard InChI is InChI=1S/C11H18ClN3O/c1-4-15(5-2)7-6-10(16)11-9(12)8-13-14(11)3/h8H,4-7H2,1-3H3. The minimum atomic E-state index is 0.0527. The quantitative estimate of drug-likeness (QED) is 0.718. The van der Waals surface area contributed by atoms with Crippen LogP contribution in [-0.4, -0.2) is 40.1 Å². The lowest BCUT2D eigenvalue weighted by atomic mass is 10.2. The van der Waals surface area contributed by atoms with E-state index in [1.54, 1.807) is 7.05 Å². The largest absolute Gasteiger partial charge is 0.303 e. The van der Waals surface area contributed by atoms with Gasteiger partial charge in [0, 0.05) is 20.0 Å². The zero-order valence-corrected chi connectivity index (χ0v) is 10.8. The zero-order chi connectivity index (χ0) is 12.1. The number of carbonyl (C=O) groups excluding carboxylic acids is 1. The van der Waals surface area contributed by atoms with Gasteiger partial charge in [0.15, 0.2) is 5.78 Å². The average Bonchev–Trinajstić information content (AvgIpc) is 2.60. The molecule has 1 rings (SSSR count). The van der Waals surface area contributed by atoms with Gasteiger partial charge in [-0.05, 0) is 13.1 Å². The van der Waals surface area contributed by atoms with Gasteiger partial charge in [-0.3, -0.25) is 9.48 Å². The van der Waals surface area contributed by atoms with Crippen molar-refractivity contribution in [1.29, 1.82) is 0 Å². The van der Waals surface area contributed by atoms with Crippen molar-refractivity contribution in [3.8, 4) is 0 Å². The first kappa shape index (κ1) is 13.2. The summed E-state index contributed by atoms with van der Waals surface area (Å²) in [6.45, 7) is 6.87. The Bertz CT molecular complexity index is 339. The van der Waals surface area contributed by atoms with Gasteiger partial charge < -0.3 is 4.90 Å². The van der Waals surface area contributed by atoms with Crippen molar-refractivity contribution in [2.45, 2.75) is 20.3 Å². The molecule has 1 heterocycles. The molecule has 0 unspecified atom stereocenters. The molecule has 1 aromatic rings. The highest BCUT2D eigenvalue weighted by Gasteiger charge is 2.15. The molecule has 0 fully saturated rings. The van der Waals surface area contributed by atoms with Crippen molar-refractivity contribution >= 4 is 17.4 Å². The molecule has 1 aromatic heterocycles. The first-order chi connectivity index (χ1) is 7.60. The highest BCUT2D eigenvalue weighted by atomic mass is 35.5. The molecule has 0 bridgehead atoms. The van der Waals surface area contributed by atoms with Gasteiger partial charge >= 0.3 is 0 Å². The second-order valence-corrected chi connectivity index (χ2v) is 4.07. The summed E-state index contributed by atoms with van der Waals surface area (Å²) in [4.78, 5) is 14.1. The molecule has 0 aromatic carbocycles. The van der Waals surface area contributed by atoms with Gasteiger partial charge in [0.05, 0.1) is 11.2 Å². The molecule has 0 aliphatic carbocycles. The van der Waals surface area contributed by atoms with Crippen LogP contribution in [0.1, 0.15) is 30.8 Å². The van der Waals surface area contributed by atoms with E-state index < -0.39 is 0 Å². The zero-order valence-electron chi connectivity index (χ0n) is 10.0. The Morgan fingerprint density at radius 1 is 1.50 bits per heavy atom. The lowest BCUT2D eigenvalue weighted by molar-refractivity contribution is 0.0957. The van der Waals surface area contributed by atoms with E-state index in [0.29, 0.717) is 17.1 Å². The summed E-state index contributed by atoms with van der Waals surface area (Å²) in [5.41, 5.74) is 0.508. The third-order valence-electron chi connectivity index (χ3n) is 2.71. The molecule has 90 valence electrons. The van der Waals surface area contributed by atoms with Gasteiger partial charge in [-0.25, -0.2) is 0 Å². The Morgan fingerprint density at radius 3 is 2.56 bits per heavy atom. The molecule has 0 spiro atoms. The van der Waals surface area contributed by atoms with Crippen molar-refractivity contribution in [3.05, 3.63) is 16.9 Å². The van der Waals surface area contributed by atoms with E-state index in [0.717, 1.165) is 19.6 Å². The Morgan fingerprint density at radius 2 is 2.12 bits per heavy atom.